The van der Waals surface area contributed by atoms with Crippen molar-refractivity contribution in [2.45, 2.75) is 26.0 Å². The zero-order chi connectivity index (χ0) is 20.4. The fourth-order valence-electron chi connectivity index (χ4n) is 1.74. The molecule has 1 saturated heterocycles. The molecule has 0 aromatic heterocycles. The van der Waals surface area contributed by atoms with Crippen molar-refractivity contribution in [3.8, 4) is 0 Å². The van der Waals surface area contributed by atoms with Gasteiger partial charge < -0.3 is 20.6 Å². The molecule has 12 nitrogen and oxygen atoms in total. The van der Waals surface area contributed by atoms with Gasteiger partial charge in [-0.15, -0.1) is 5.06 Å². The van der Waals surface area contributed by atoms with E-state index in [2.05, 4.69) is 20.8 Å². The largest absolute Gasteiger partial charge is 0.377 e. The average Bonchev–Trinajstić information content (AvgIpc) is 2.93. The van der Waals surface area contributed by atoms with Crippen LogP contribution in [0.25, 0.3) is 0 Å². The number of aliphatic hydroxyl groups is 1. The van der Waals surface area contributed by atoms with E-state index in [4.69, 9.17) is 0 Å². The number of hydrogen-bond acceptors (Lipinski definition) is 10. The first-order chi connectivity index (χ1) is 12.7. The lowest BCUT2D eigenvalue weighted by atomic mass is 10.4. The molecule has 0 aliphatic carbocycles. The van der Waals surface area contributed by atoms with Crippen LogP contribution in [0.3, 0.4) is 0 Å². The van der Waals surface area contributed by atoms with Crippen LogP contribution in [0.1, 0.15) is 19.8 Å². The van der Waals surface area contributed by atoms with Gasteiger partial charge in [0.2, 0.25) is 11.8 Å². The van der Waals surface area contributed by atoms with E-state index in [0.29, 0.717) is 5.06 Å². The van der Waals surface area contributed by atoms with Crippen molar-refractivity contribution in [3.05, 3.63) is 0 Å². The van der Waals surface area contributed by atoms with Crippen LogP contribution in [0.2, 0.25) is 0 Å². The third kappa shape index (κ3) is 9.12. The van der Waals surface area contributed by atoms with Crippen molar-refractivity contribution in [3.63, 3.8) is 0 Å². The molecule has 1 rings (SSSR count). The van der Waals surface area contributed by atoms with Crippen LogP contribution >= 0.6 is 11.8 Å². The molecule has 1 aliphatic rings. The number of nitrogens with one attached hydrogen (secondary N) is 3. The summed E-state index contributed by atoms with van der Waals surface area (Å²) in [5, 5.41) is 16.7. The highest BCUT2D eigenvalue weighted by atomic mass is 32.2. The summed E-state index contributed by atoms with van der Waals surface area (Å²) >= 11 is 0.808. The molecular formula is C14H20N4O8S. The molecule has 1 fully saturated rings. The Balaban J connectivity index is 2.16. The number of carbonyl (C=O) groups is 6. The van der Waals surface area contributed by atoms with Crippen LogP contribution in [0.15, 0.2) is 0 Å². The lowest BCUT2D eigenvalue weighted by Gasteiger charge is -2.15. The summed E-state index contributed by atoms with van der Waals surface area (Å²) < 4.78 is 0. The summed E-state index contributed by atoms with van der Waals surface area (Å²) in [5.41, 5.74) is 0. The Kier molecular flexibility index (Phi) is 9.39. The second kappa shape index (κ2) is 11.3. The zero-order valence-corrected chi connectivity index (χ0v) is 15.3. The zero-order valence-electron chi connectivity index (χ0n) is 14.5. The third-order valence-electron chi connectivity index (χ3n) is 3.03. The van der Waals surface area contributed by atoms with Gasteiger partial charge >= 0.3 is 5.97 Å². The molecule has 1 aliphatic heterocycles. The lowest BCUT2D eigenvalue weighted by molar-refractivity contribution is -0.197. The van der Waals surface area contributed by atoms with E-state index in [1.54, 1.807) is 0 Å². The first-order valence-electron chi connectivity index (χ1n) is 7.84. The van der Waals surface area contributed by atoms with E-state index < -0.39 is 42.4 Å². The number of rotatable bonds is 10. The molecule has 1 unspecified atom stereocenters. The molecular weight excluding hydrogens is 384 g/mol. The molecule has 0 aromatic carbocycles. The summed E-state index contributed by atoms with van der Waals surface area (Å²) in [6.07, 6.45) is -1.37. The molecule has 4 amide bonds. The van der Waals surface area contributed by atoms with Crippen LogP contribution in [0.5, 0.6) is 0 Å². The minimum atomic E-state index is -1.31. The van der Waals surface area contributed by atoms with Crippen molar-refractivity contribution in [2.75, 3.05) is 25.4 Å². The van der Waals surface area contributed by atoms with E-state index in [1.165, 1.54) is 6.92 Å². The van der Waals surface area contributed by atoms with E-state index >= 15 is 0 Å². The quantitative estimate of drug-likeness (QED) is 0.217. The number of amides is 4. The molecule has 150 valence electrons. The minimum Gasteiger partial charge on any atom is -0.377 e. The van der Waals surface area contributed by atoms with Crippen LogP contribution in [-0.4, -0.2) is 76.5 Å². The Morgan fingerprint density at radius 2 is 1.74 bits per heavy atom. The molecule has 1 atom stereocenters. The number of imide groups is 1. The van der Waals surface area contributed by atoms with Gasteiger partial charge in [-0.1, -0.05) is 11.8 Å². The maximum atomic E-state index is 11.5. The third-order valence-corrected chi connectivity index (χ3v) is 3.84. The molecule has 1 heterocycles. The van der Waals surface area contributed by atoms with E-state index in [-0.39, 0.29) is 36.8 Å². The Morgan fingerprint density at radius 1 is 1.11 bits per heavy atom. The average molecular weight is 404 g/mol. The van der Waals surface area contributed by atoms with Crippen LogP contribution < -0.4 is 16.0 Å². The van der Waals surface area contributed by atoms with Gasteiger partial charge in [0.1, 0.15) is 6.23 Å². The number of carbonyl (C=O) groups excluding carboxylic acids is 6. The fourth-order valence-corrected chi connectivity index (χ4v) is 2.17. The fraction of sp³-hybridized carbons (Fsp3) is 0.571. The van der Waals surface area contributed by atoms with Gasteiger partial charge in [-0.2, -0.15) is 0 Å². The highest BCUT2D eigenvalue weighted by Gasteiger charge is 2.32. The normalized spacial score (nSPS) is 14.7. The maximum absolute atomic E-state index is 11.5. The van der Waals surface area contributed by atoms with Gasteiger partial charge in [0, 0.05) is 19.8 Å². The topological polar surface area (TPSA) is 171 Å². The lowest BCUT2D eigenvalue weighted by Crippen LogP contribution is -2.46. The summed E-state index contributed by atoms with van der Waals surface area (Å²) in [7, 11) is 0. The predicted octanol–water partition coefficient (Wildman–Crippen LogP) is -2.99. The van der Waals surface area contributed by atoms with Crippen molar-refractivity contribution in [2.24, 2.45) is 0 Å². The number of nitrogens with zero attached hydrogens (tertiary/aromatic N) is 1. The van der Waals surface area contributed by atoms with Crippen molar-refractivity contribution in [1.82, 2.24) is 21.0 Å². The molecule has 0 saturated carbocycles. The highest BCUT2D eigenvalue weighted by Crippen LogP contribution is 2.11. The smallest absolute Gasteiger partial charge is 0.346 e. The van der Waals surface area contributed by atoms with Crippen molar-refractivity contribution < 1.29 is 38.7 Å². The highest BCUT2D eigenvalue weighted by molar-refractivity contribution is 8.14. The van der Waals surface area contributed by atoms with Gasteiger partial charge in [0.05, 0.1) is 25.4 Å². The number of hydroxylamine groups is 2. The standard InChI is InChI=1S/C14H20N4O8S/c1-8(19)27-7-11(22)16-5-9(20)15-4-10(21)17-6-14(25)26-18-12(23)2-3-13(18)24/h10,17,21H,2-7H2,1H3,(H,15,20)(H,16,22). The summed E-state index contributed by atoms with van der Waals surface area (Å²) in [6.45, 7) is 0.194. The van der Waals surface area contributed by atoms with Crippen LogP contribution in [-0.2, 0) is 33.6 Å². The van der Waals surface area contributed by atoms with Crippen LogP contribution in [0, 0.1) is 0 Å². The second-order valence-corrected chi connectivity index (χ2v) is 6.46. The van der Waals surface area contributed by atoms with Crippen molar-refractivity contribution in [1.29, 1.82) is 0 Å². The monoisotopic (exact) mass is 404 g/mol. The maximum Gasteiger partial charge on any atom is 0.346 e. The number of hydrogen-bond donors (Lipinski definition) is 4. The summed E-state index contributed by atoms with van der Waals surface area (Å²) in [4.78, 5) is 72.2. The molecule has 0 aromatic rings. The van der Waals surface area contributed by atoms with Crippen molar-refractivity contribution >= 4 is 46.5 Å². The first-order valence-corrected chi connectivity index (χ1v) is 8.82. The Hall–Kier alpha value is -2.51. The van der Waals surface area contributed by atoms with Crippen LogP contribution in [0.4, 0.5) is 0 Å². The molecule has 0 bridgehead atoms. The number of thioether (sulfide) groups is 1. The Bertz CT molecular complexity index is 610. The molecule has 13 heteroatoms. The Labute approximate surface area is 158 Å². The second-order valence-electron chi connectivity index (χ2n) is 5.30. The summed E-state index contributed by atoms with van der Waals surface area (Å²) in [6, 6.07) is 0. The summed E-state index contributed by atoms with van der Waals surface area (Å²) in [5.74, 6) is -3.38. The molecule has 0 spiro atoms. The van der Waals surface area contributed by atoms with Gasteiger partial charge in [-0.05, 0) is 0 Å². The molecule has 0 radical (unpaired) electrons. The Morgan fingerprint density at radius 3 is 2.33 bits per heavy atom. The predicted molar refractivity (Wildman–Crippen MR) is 90.3 cm³/mol. The van der Waals surface area contributed by atoms with Gasteiger partial charge in [-0.25, -0.2) is 4.79 Å². The van der Waals surface area contributed by atoms with Gasteiger partial charge in [0.15, 0.2) is 5.12 Å². The molecule has 4 N–H and O–H groups in total. The van der Waals surface area contributed by atoms with Gasteiger partial charge in [-0.3, -0.25) is 29.3 Å². The first kappa shape index (κ1) is 22.5. The SMILES string of the molecule is CC(=O)SCC(=O)NCC(=O)NCC(O)NCC(=O)ON1C(=O)CCC1=O. The number of aliphatic hydroxyl groups excluding tert-OH is 1. The van der Waals surface area contributed by atoms with E-state index in [1.807, 2.05) is 0 Å². The minimum absolute atomic E-state index is 0.0296. The van der Waals surface area contributed by atoms with E-state index in [0.717, 1.165) is 11.8 Å². The van der Waals surface area contributed by atoms with E-state index in [9.17, 15) is 33.9 Å². The van der Waals surface area contributed by atoms with Gasteiger partial charge in [0.25, 0.3) is 11.8 Å². The molecule has 27 heavy (non-hydrogen) atoms.